The van der Waals surface area contributed by atoms with Gasteiger partial charge >= 0.3 is 0 Å². The Morgan fingerprint density at radius 2 is 2.06 bits per heavy atom. The average Bonchev–Trinajstić information content (AvgIpc) is 2.14. The molecule has 2 nitrogen and oxygen atoms in total. The van der Waals surface area contributed by atoms with Crippen LogP contribution in [0.15, 0.2) is 18.2 Å². The second kappa shape index (κ2) is 5.65. The van der Waals surface area contributed by atoms with Crippen LogP contribution in [0.5, 0.6) is 0 Å². The molecule has 0 aliphatic rings. The maximum Gasteiger partial charge on any atom is 0.171 e. The second-order valence-electron chi connectivity index (χ2n) is 4.47. The number of hydrogen-bond acceptors (Lipinski definition) is 1. The van der Waals surface area contributed by atoms with Crippen LogP contribution in [0.3, 0.4) is 0 Å². The summed E-state index contributed by atoms with van der Waals surface area (Å²) >= 11 is 10.9. The lowest BCUT2D eigenvalue weighted by Gasteiger charge is -2.26. The van der Waals surface area contributed by atoms with Crippen molar-refractivity contribution in [2.45, 2.75) is 32.7 Å². The van der Waals surface area contributed by atoms with Crippen molar-refractivity contribution < 1.29 is 4.39 Å². The van der Waals surface area contributed by atoms with Gasteiger partial charge in [0.05, 0.1) is 0 Å². The molecule has 0 atom stereocenters. The number of benzene rings is 1. The molecule has 0 heterocycles. The Kier molecular flexibility index (Phi) is 4.71. The molecular weight excluding hydrogens is 259 g/mol. The van der Waals surface area contributed by atoms with Gasteiger partial charge in [0, 0.05) is 16.2 Å². The number of hydrogen-bond donors (Lipinski definition) is 2. The predicted octanol–water partition coefficient (Wildman–Crippen LogP) is 3.95. The lowest BCUT2D eigenvalue weighted by atomic mass is 10.0. The molecule has 1 aromatic rings. The number of thiocarbonyl (C=S) groups is 1. The van der Waals surface area contributed by atoms with Gasteiger partial charge in [-0.05, 0) is 50.7 Å². The Morgan fingerprint density at radius 1 is 1.41 bits per heavy atom. The van der Waals surface area contributed by atoms with E-state index in [-0.39, 0.29) is 5.54 Å². The molecule has 0 spiro atoms. The van der Waals surface area contributed by atoms with E-state index in [1.165, 1.54) is 12.1 Å². The number of anilines is 1. The Bertz CT molecular complexity index is 401. The molecule has 0 aliphatic heterocycles. The molecule has 5 heteroatoms. The van der Waals surface area contributed by atoms with E-state index < -0.39 is 5.82 Å². The van der Waals surface area contributed by atoms with Crippen molar-refractivity contribution >= 4 is 34.6 Å². The van der Waals surface area contributed by atoms with Gasteiger partial charge in [-0.15, -0.1) is 0 Å². The minimum atomic E-state index is -0.391. The largest absolute Gasteiger partial charge is 0.358 e. The second-order valence-corrected chi connectivity index (χ2v) is 5.32. The van der Waals surface area contributed by atoms with Gasteiger partial charge in [-0.3, -0.25) is 0 Å². The zero-order valence-electron chi connectivity index (χ0n) is 10.1. The highest BCUT2D eigenvalue weighted by Crippen LogP contribution is 2.18. The van der Waals surface area contributed by atoms with E-state index in [9.17, 15) is 4.39 Å². The van der Waals surface area contributed by atoms with Gasteiger partial charge in [0.2, 0.25) is 0 Å². The van der Waals surface area contributed by atoms with E-state index >= 15 is 0 Å². The van der Waals surface area contributed by atoms with Crippen LogP contribution in [0.1, 0.15) is 27.2 Å². The molecule has 0 radical (unpaired) electrons. The van der Waals surface area contributed by atoms with Crippen LogP contribution in [0.2, 0.25) is 5.02 Å². The predicted molar refractivity (Wildman–Crippen MR) is 75.1 cm³/mol. The fourth-order valence-electron chi connectivity index (χ4n) is 1.18. The summed E-state index contributed by atoms with van der Waals surface area (Å²) in [5.41, 5.74) is 0.445. The van der Waals surface area contributed by atoms with E-state index in [1.807, 2.05) is 13.8 Å². The summed E-state index contributed by atoms with van der Waals surface area (Å²) in [6.45, 7) is 6.15. The van der Waals surface area contributed by atoms with Crippen LogP contribution < -0.4 is 10.6 Å². The van der Waals surface area contributed by atoms with Crippen molar-refractivity contribution in [3.63, 3.8) is 0 Å². The normalized spacial score (nSPS) is 11.1. The third-order valence-corrected chi connectivity index (χ3v) is 2.88. The lowest BCUT2D eigenvalue weighted by molar-refractivity contribution is 0.448. The van der Waals surface area contributed by atoms with Crippen molar-refractivity contribution in [2.24, 2.45) is 0 Å². The van der Waals surface area contributed by atoms with Gasteiger partial charge in [0.25, 0.3) is 0 Å². The van der Waals surface area contributed by atoms with Crippen LogP contribution in [0.25, 0.3) is 0 Å². The van der Waals surface area contributed by atoms with Crippen molar-refractivity contribution in [1.29, 1.82) is 0 Å². The zero-order chi connectivity index (χ0) is 13.1. The van der Waals surface area contributed by atoms with Gasteiger partial charge in [-0.25, -0.2) is 4.39 Å². The molecule has 0 saturated heterocycles. The highest BCUT2D eigenvalue weighted by atomic mass is 35.5. The summed E-state index contributed by atoms with van der Waals surface area (Å²) in [6, 6.07) is 4.22. The summed E-state index contributed by atoms with van der Waals surface area (Å²) in [4.78, 5) is 0. The lowest BCUT2D eigenvalue weighted by Crippen LogP contribution is -2.44. The quantitative estimate of drug-likeness (QED) is 0.816. The Labute approximate surface area is 112 Å². The highest BCUT2D eigenvalue weighted by Gasteiger charge is 2.15. The standard InChI is InChI=1S/C12H16ClFN2S/c1-4-12(2,3)16-11(17)15-10-6-8(13)5-9(14)7-10/h5-7H,4H2,1-3H3,(H2,15,16,17). The summed E-state index contributed by atoms with van der Waals surface area (Å²) in [5, 5.41) is 6.85. The smallest absolute Gasteiger partial charge is 0.171 e. The molecule has 0 fully saturated rings. The fourth-order valence-corrected chi connectivity index (χ4v) is 1.80. The first-order valence-corrected chi connectivity index (χ1v) is 6.16. The molecule has 0 aromatic heterocycles. The maximum atomic E-state index is 13.1. The SMILES string of the molecule is CCC(C)(C)NC(=S)Nc1cc(F)cc(Cl)c1. The van der Waals surface area contributed by atoms with Crippen LogP contribution in [0.4, 0.5) is 10.1 Å². The molecule has 0 saturated carbocycles. The fraction of sp³-hybridized carbons (Fsp3) is 0.417. The summed E-state index contributed by atoms with van der Waals surface area (Å²) < 4.78 is 13.1. The highest BCUT2D eigenvalue weighted by molar-refractivity contribution is 7.80. The first-order chi connectivity index (χ1) is 7.82. The summed E-state index contributed by atoms with van der Waals surface area (Å²) in [5.74, 6) is -0.391. The molecular formula is C12H16ClFN2S. The molecule has 94 valence electrons. The molecule has 1 aromatic carbocycles. The Balaban J connectivity index is 2.68. The summed E-state index contributed by atoms with van der Waals surface area (Å²) in [6.07, 6.45) is 0.929. The van der Waals surface area contributed by atoms with Crippen molar-refractivity contribution in [3.05, 3.63) is 29.0 Å². The first kappa shape index (κ1) is 14.2. The van der Waals surface area contributed by atoms with Gasteiger partial charge in [-0.2, -0.15) is 0 Å². The third kappa shape index (κ3) is 4.88. The number of halogens is 2. The molecule has 0 aliphatic carbocycles. The Hall–Kier alpha value is -0.870. The molecule has 0 bridgehead atoms. The van der Waals surface area contributed by atoms with Crippen LogP contribution >= 0.6 is 23.8 Å². The molecule has 2 N–H and O–H groups in total. The molecule has 0 unspecified atom stereocenters. The topological polar surface area (TPSA) is 24.1 Å². The molecule has 17 heavy (non-hydrogen) atoms. The van der Waals surface area contributed by atoms with Crippen LogP contribution in [-0.4, -0.2) is 10.7 Å². The number of rotatable bonds is 3. The molecule has 0 amide bonds. The minimum Gasteiger partial charge on any atom is -0.358 e. The van der Waals surface area contributed by atoms with E-state index in [0.717, 1.165) is 6.42 Å². The van der Waals surface area contributed by atoms with Gasteiger partial charge in [0.15, 0.2) is 5.11 Å². The zero-order valence-corrected chi connectivity index (χ0v) is 11.7. The van der Waals surface area contributed by atoms with E-state index in [4.69, 9.17) is 23.8 Å². The average molecular weight is 275 g/mol. The third-order valence-electron chi connectivity index (χ3n) is 2.46. The van der Waals surface area contributed by atoms with Crippen molar-refractivity contribution in [1.82, 2.24) is 5.32 Å². The van der Waals surface area contributed by atoms with Crippen LogP contribution in [-0.2, 0) is 0 Å². The van der Waals surface area contributed by atoms with Gasteiger partial charge in [-0.1, -0.05) is 18.5 Å². The van der Waals surface area contributed by atoms with Crippen molar-refractivity contribution in [3.8, 4) is 0 Å². The minimum absolute atomic E-state index is 0.0960. The Morgan fingerprint density at radius 3 is 2.59 bits per heavy atom. The maximum absolute atomic E-state index is 13.1. The monoisotopic (exact) mass is 274 g/mol. The van der Waals surface area contributed by atoms with Gasteiger partial charge < -0.3 is 10.6 Å². The van der Waals surface area contributed by atoms with Crippen LogP contribution in [0, 0.1) is 5.82 Å². The first-order valence-electron chi connectivity index (χ1n) is 5.37. The van der Waals surface area contributed by atoms with Crippen molar-refractivity contribution in [2.75, 3.05) is 5.32 Å². The summed E-state index contributed by atoms with van der Waals surface area (Å²) in [7, 11) is 0. The molecule has 1 rings (SSSR count). The number of nitrogens with one attached hydrogen (secondary N) is 2. The van der Waals surface area contributed by atoms with E-state index in [2.05, 4.69) is 17.6 Å². The van der Waals surface area contributed by atoms with E-state index in [1.54, 1.807) is 6.07 Å². The van der Waals surface area contributed by atoms with E-state index in [0.29, 0.717) is 15.8 Å². The van der Waals surface area contributed by atoms with Gasteiger partial charge in [0.1, 0.15) is 5.82 Å².